The van der Waals surface area contributed by atoms with Crippen LogP contribution in [-0.4, -0.2) is 24.6 Å². The van der Waals surface area contributed by atoms with E-state index in [1.807, 2.05) is 50.2 Å². The first-order valence-corrected chi connectivity index (χ1v) is 9.62. The van der Waals surface area contributed by atoms with Gasteiger partial charge in [0.2, 0.25) is 0 Å². The van der Waals surface area contributed by atoms with Gasteiger partial charge in [-0.25, -0.2) is 0 Å². The first kappa shape index (κ1) is 20.1. The van der Waals surface area contributed by atoms with Crippen molar-refractivity contribution in [1.82, 2.24) is 0 Å². The summed E-state index contributed by atoms with van der Waals surface area (Å²) in [5.41, 5.74) is 7.82. The fraction of sp³-hybridized carbons (Fsp3) is 0.263. The third kappa shape index (κ3) is 6.28. The van der Waals surface area contributed by atoms with Crippen LogP contribution in [0.3, 0.4) is 0 Å². The van der Waals surface area contributed by atoms with Crippen molar-refractivity contribution in [2.45, 2.75) is 19.6 Å². The van der Waals surface area contributed by atoms with Crippen molar-refractivity contribution in [3.05, 3.63) is 58.6 Å². The molecule has 0 bridgehead atoms. The van der Waals surface area contributed by atoms with Crippen LogP contribution in [-0.2, 0) is 5.75 Å². The molecule has 2 aromatic carbocycles. The summed E-state index contributed by atoms with van der Waals surface area (Å²) in [6, 6.07) is 13.6. The van der Waals surface area contributed by atoms with Gasteiger partial charge in [-0.2, -0.15) is 5.10 Å². The van der Waals surface area contributed by atoms with E-state index in [1.54, 1.807) is 12.3 Å². The topological polar surface area (TPSA) is 69.2 Å². The monoisotopic (exact) mass is 391 g/mol. The third-order valence-corrected chi connectivity index (χ3v) is 4.35. The first-order chi connectivity index (χ1) is 12.6. The second-order valence-electron chi connectivity index (χ2n) is 5.15. The van der Waals surface area contributed by atoms with Gasteiger partial charge in [-0.15, -0.1) is 5.10 Å². The maximum absolute atomic E-state index is 6.28. The van der Waals surface area contributed by atoms with Crippen LogP contribution in [0.4, 0.5) is 0 Å². The van der Waals surface area contributed by atoms with Crippen molar-refractivity contribution in [2.75, 3.05) is 13.2 Å². The summed E-state index contributed by atoms with van der Waals surface area (Å²) in [6.07, 6.45) is 1.58. The average Bonchev–Trinajstić information content (AvgIpc) is 2.64. The van der Waals surface area contributed by atoms with E-state index >= 15 is 0 Å². The van der Waals surface area contributed by atoms with Crippen LogP contribution < -0.4 is 15.2 Å². The fourth-order valence-corrected chi connectivity index (χ4v) is 3.01. The van der Waals surface area contributed by atoms with Crippen molar-refractivity contribution in [3.63, 3.8) is 0 Å². The van der Waals surface area contributed by atoms with Gasteiger partial charge in [-0.3, -0.25) is 0 Å². The minimum Gasteiger partial charge on any atom is -0.490 e. The number of benzene rings is 2. The molecule has 0 aliphatic carbocycles. The molecular weight excluding hydrogens is 370 g/mol. The highest BCUT2D eigenvalue weighted by molar-refractivity contribution is 8.13. The predicted octanol–water partition coefficient (Wildman–Crippen LogP) is 4.72. The summed E-state index contributed by atoms with van der Waals surface area (Å²) in [7, 11) is 0. The molecule has 2 rings (SSSR count). The first-order valence-electron chi connectivity index (χ1n) is 8.26. The quantitative estimate of drug-likeness (QED) is 0.401. The Morgan fingerprint density at radius 2 is 1.88 bits per heavy atom. The van der Waals surface area contributed by atoms with Crippen LogP contribution in [0.1, 0.15) is 25.0 Å². The van der Waals surface area contributed by atoms with Gasteiger partial charge in [0.05, 0.1) is 24.5 Å². The zero-order valence-electron chi connectivity index (χ0n) is 14.8. The highest BCUT2D eigenvalue weighted by Gasteiger charge is 2.11. The molecule has 0 aliphatic rings. The molecule has 0 unspecified atom stereocenters. The second kappa shape index (κ2) is 10.7. The zero-order chi connectivity index (χ0) is 18.8. The minimum atomic E-state index is 0.396. The lowest BCUT2D eigenvalue weighted by Crippen LogP contribution is -2.06. The number of nitrogens with two attached hydrogens (primary N) is 1. The lowest BCUT2D eigenvalue weighted by Gasteiger charge is -2.13. The molecule has 0 spiro atoms. The molecule has 2 N–H and O–H groups in total. The third-order valence-electron chi connectivity index (χ3n) is 3.21. The van der Waals surface area contributed by atoms with Gasteiger partial charge in [0.25, 0.3) is 0 Å². The van der Waals surface area contributed by atoms with Crippen molar-refractivity contribution in [1.29, 1.82) is 0 Å². The highest BCUT2D eigenvalue weighted by atomic mass is 35.5. The van der Waals surface area contributed by atoms with E-state index in [0.29, 0.717) is 34.9 Å². The Morgan fingerprint density at radius 3 is 2.58 bits per heavy atom. The number of nitrogens with zero attached hydrogens (tertiary/aromatic N) is 2. The van der Waals surface area contributed by atoms with Gasteiger partial charge < -0.3 is 15.2 Å². The normalized spacial score (nSPS) is 11.7. The van der Waals surface area contributed by atoms with Gasteiger partial charge >= 0.3 is 0 Å². The number of thioether (sulfide) groups is 1. The van der Waals surface area contributed by atoms with Gasteiger partial charge in [0, 0.05) is 11.3 Å². The van der Waals surface area contributed by atoms with Gasteiger partial charge in [0.1, 0.15) is 0 Å². The number of hydrogen-bond donors (Lipinski definition) is 1. The summed E-state index contributed by atoms with van der Waals surface area (Å²) in [6.45, 7) is 4.82. The summed E-state index contributed by atoms with van der Waals surface area (Å²) in [5, 5.41) is 8.91. The Balaban J connectivity index is 2.04. The Hall–Kier alpha value is -2.18. The van der Waals surface area contributed by atoms with Gasteiger partial charge in [0.15, 0.2) is 16.7 Å². The molecule has 0 amide bonds. The van der Waals surface area contributed by atoms with Crippen molar-refractivity contribution in [2.24, 2.45) is 15.9 Å². The zero-order valence-corrected chi connectivity index (χ0v) is 16.4. The highest BCUT2D eigenvalue weighted by Crippen LogP contribution is 2.36. The summed E-state index contributed by atoms with van der Waals surface area (Å²) in [4.78, 5) is 0. The molecule has 26 heavy (non-hydrogen) atoms. The Bertz CT molecular complexity index is 767. The number of rotatable bonds is 8. The lowest BCUT2D eigenvalue weighted by molar-refractivity contribution is 0.288. The molecule has 0 saturated carbocycles. The van der Waals surface area contributed by atoms with Crippen molar-refractivity contribution >= 4 is 34.7 Å². The molecule has 0 aliphatic heterocycles. The maximum Gasteiger partial charge on any atom is 0.180 e. The second-order valence-corrected chi connectivity index (χ2v) is 6.56. The standard InChI is InChI=1S/C19H22ClN3O2S/c1-3-24-17-11-15(10-16(20)18(17)25-4-2)12-22-23-19(21)26-13-14-8-6-5-7-9-14/h5-12H,3-4,13H2,1-2H3,(H2,21,23). The van der Waals surface area contributed by atoms with E-state index < -0.39 is 0 Å². The van der Waals surface area contributed by atoms with Crippen LogP contribution in [0.15, 0.2) is 52.7 Å². The SMILES string of the molecule is CCOc1cc(C=NN=C(N)SCc2ccccc2)cc(Cl)c1OCC. The molecule has 138 valence electrons. The van der Waals surface area contributed by atoms with E-state index in [9.17, 15) is 0 Å². The van der Waals surface area contributed by atoms with Crippen LogP contribution in [0.2, 0.25) is 5.02 Å². The molecule has 7 heteroatoms. The molecule has 2 aromatic rings. The van der Waals surface area contributed by atoms with E-state index in [4.69, 9.17) is 26.8 Å². The van der Waals surface area contributed by atoms with Crippen LogP contribution in [0, 0.1) is 0 Å². The van der Waals surface area contributed by atoms with E-state index in [1.165, 1.54) is 17.3 Å². The summed E-state index contributed by atoms with van der Waals surface area (Å²) < 4.78 is 11.1. The van der Waals surface area contributed by atoms with Gasteiger partial charge in [-0.05, 0) is 31.5 Å². The maximum atomic E-state index is 6.28. The van der Waals surface area contributed by atoms with Crippen LogP contribution in [0.25, 0.3) is 0 Å². The van der Waals surface area contributed by atoms with E-state index in [-0.39, 0.29) is 0 Å². The van der Waals surface area contributed by atoms with E-state index in [0.717, 1.165) is 11.3 Å². The molecule has 0 heterocycles. The molecule has 5 nitrogen and oxygen atoms in total. The Kier molecular flexibility index (Phi) is 8.31. The average molecular weight is 392 g/mol. The molecule has 0 radical (unpaired) electrons. The molecular formula is C19H22ClN3O2S. The largest absolute Gasteiger partial charge is 0.490 e. The smallest absolute Gasteiger partial charge is 0.180 e. The molecule has 0 saturated heterocycles. The number of amidine groups is 1. The van der Waals surface area contributed by atoms with Crippen molar-refractivity contribution < 1.29 is 9.47 Å². The minimum absolute atomic E-state index is 0.396. The number of hydrogen-bond acceptors (Lipinski definition) is 5. The Labute approximate surface area is 163 Å². The Morgan fingerprint density at radius 1 is 1.15 bits per heavy atom. The lowest BCUT2D eigenvalue weighted by atomic mass is 10.2. The van der Waals surface area contributed by atoms with Crippen LogP contribution in [0.5, 0.6) is 11.5 Å². The van der Waals surface area contributed by atoms with Crippen LogP contribution >= 0.6 is 23.4 Å². The fourth-order valence-electron chi connectivity index (χ4n) is 2.12. The summed E-state index contributed by atoms with van der Waals surface area (Å²) >= 11 is 7.71. The molecule has 0 aromatic heterocycles. The van der Waals surface area contributed by atoms with E-state index in [2.05, 4.69) is 10.2 Å². The predicted molar refractivity (Wildman–Crippen MR) is 111 cm³/mol. The van der Waals surface area contributed by atoms with Crippen molar-refractivity contribution in [3.8, 4) is 11.5 Å². The molecule has 0 fully saturated rings. The summed E-state index contributed by atoms with van der Waals surface area (Å²) in [5.74, 6) is 1.86. The number of ether oxygens (including phenoxy) is 2. The number of halogens is 1. The van der Waals surface area contributed by atoms with Gasteiger partial charge in [-0.1, -0.05) is 53.7 Å². The molecule has 0 atom stereocenters.